The lowest BCUT2D eigenvalue weighted by Gasteiger charge is -2.33. The average Bonchev–Trinajstić information content (AvgIpc) is 2.49. The molecule has 1 saturated heterocycles. The Bertz CT molecular complexity index is 425. The summed E-state index contributed by atoms with van der Waals surface area (Å²) in [4.78, 5) is 2.57. The minimum absolute atomic E-state index is 0.574. The molecular weight excluding hydrogens is 260 g/mol. The van der Waals surface area contributed by atoms with Crippen LogP contribution in [0.2, 0.25) is 0 Å². The molecule has 1 aromatic rings. The van der Waals surface area contributed by atoms with Gasteiger partial charge in [-0.05, 0) is 56.8 Å². The zero-order valence-electron chi connectivity index (χ0n) is 13.8. The van der Waals surface area contributed by atoms with Crippen LogP contribution >= 0.6 is 0 Å². The second kappa shape index (κ2) is 8.28. The van der Waals surface area contributed by atoms with E-state index in [0.29, 0.717) is 6.04 Å². The summed E-state index contributed by atoms with van der Waals surface area (Å²) in [5.74, 6) is 1.01. The van der Waals surface area contributed by atoms with Gasteiger partial charge < -0.3 is 15.0 Å². The number of aryl methyl sites for hydroxylation is 1. The largest absolute Gasteiger partial charge is 0.491 e. The Kier molecular flexibility index (Phi) is 6.37. The first-order valence-electron chi connectivity index (χ1n) is 8.45. The highest BCUT2D eigenvalue weighted by atomic mass is 16.5. The van der Waals surface area contributed by atoms with Gasteiger partial charge in [-0.2, -0.15) is 0 Å². The third kappa shape index (κ3) is 4.92. The zero-order chi connectivity index (χ0) is 15.1. The predicted octanol–water partition coefficient (Wildman–Crippen LogP) is 4.07. The first-order valence-corrected chi connectivity index (χ1v) is 8.45. The van der Waals surface area contributed by atoms with Gasteiger partial charge in [-0.3, -0.25) is 0 Å². The normalized spacial score (nSPS) is 16.9. The molecule has 3 nitrogen and oxygen atoms in total. The van der Waals surface area contributed by atoms with Gasteiger partial charge in [0, 0.05) is 19.1 Å². The minimum Gasteiger partial charge on any atom is -0.491 e. The summed E-state index contributed by atoms with van der Waals surface area (Å²) in [5.41, 5.74) is 2.41. The van der Waals surface area contributed by atoms with Gasteiger partial charge >= 0.3 is 0 Å². The molecule has 0 aliphatic carbocycles. The number of hydrogen-bond acceptors (Lipinski definition) is 3. The van der Waals surface area contributed by atoms with Crippen molar-refractivity contribution < 1.29 is 4.74 Å². The molecule has 3 heteroatoms. The van der Waals surface area contributed by atoms with Crippen molar-refractivity contribution in [1.29, 1.82) is 0 Å². The third-order valence-corrected chi connectivity index (χ3v) is 4.09. The Labute approximate surface area is 129 Å². The molecule has 1 fully saturated rings. The van der Waals surface area contributed by atoms with Crippen LogP contribution in [0, 0.1) is 6.92 Å². The highest BCUT2D eigenvalue weighted by Crippen LogP contribution is 2.28. The van der Waals surface area contributed by atoms with E-state index in [9.17, 15) is 0 Å². The summed E-state index contributed by atoms with van der Waals surface area (Å²) >= 11 is 0. The summed E-state index contributed by atoms with van der Waals surface area (Å²) in [6, 6.07) is 7.04. The quantitative estimate of drug-likeness (QED) is 0.819. The van der Waals surface area contributed by atoms with E-state index in [1.165, 1.54) is 44.5 Å². The van der Waals surface area contributed by atoms with Gasteiger partial charge in [0.1, 0.15) is 5.75 Å². The fraction of sp³-hybridized carbons (Fsp3) is 0.667. The molecule has 0 radical (unpaired) electrons. The Morgan fingerprint density at radius 2 is 1.95 bits per heavy atom. The van der Waals surface area contributed by atoms with Gasteiger partial charge in [0.15, 0.2) is 0 Å². The first kappa shape index (κ1) is 16.2. The van der Waals surface area contributed by atoms with E-state index in [1.54, 1.807) is 0 Å². The lowest BCUT2D eigenvalue weighted by molar-refractivity contribution is 0.219. The fourth-order valence-electron chi connectivity index (χ4n) is 2.92. The lowest BCUT2D eigenvalue weighted by atomic mass is 10.0. The van der Waals surface area contributed by atoms with Gasteiger partial charge in [-0.1, -0.05) is 19.9 Å². The number of likely N-dealkylation sites (tertiary alicyclic amines) is 1. The molecule has 1 heterocycles. The molecule has 1 aliphatic heterocycles. The van der Waals surface area contributed by atoms with Crippen molar-refractivity contribution in [1.82, 2.24) is 4.90 Å². The number of hydrogen-bond donors (Lipinski definition) is 1. The SMILES string of the molecule is CCCOc1cc(C)ccc1NC1CCN(CCC)CC1. The van der Waals surface area contributed by atoms with E-state index in [2.05, 4.69) is 49.2 Å². The van der Waals surface area contributed by atoms with Crippen LogP contribution in [0.4, 0.5) is 5.69 Å². The summed E-state index contributed by atoms with van der Waals surface area (Å²) in [5, 5.41) is 3.70. The van der Waals surface area contributed by atoms with Crippen LogP contribution in [-0.4, -0.2) is 37.2 Å². The summed E-state index contributed by atoms with van der Waals surface area (Å²) < 4.78 is 5.90. The number of rotatable bonds is 7. The summed E-state index contributed by atoms with van der Waals surface area (Å²) in [7, 11) is 0. The molecule has 2 rings (SSSR count). The topological polar surface area (TPSA) is 24.5 Å². The second-order valence-corrected chi connectivity index (χ2v) is 6.11. The lowest BCUT2D eigenvalue weighted by Crippen LogP contribution is -2.39. The average molecular weight is 290 g/mol. The zero-order valence-corrected chi connectivity index (χ0v) is 13.8. The highest BCUT2D eigenvalue weighted by molar-refractivity contribution is 5.58. The van der Waals surface area contributed by atoms with Crippen molar-refractivity contribution in [3.05, 3.63) is 23.8 Å². The monoisotopic (exact) mass is 290 g/mol. The van der Waals surface area contributed by atoms with E-state index >= 15 is 0 Å². The Balaban J connectivity index is 1.93. The predicted molar refractivity (Wildman–Crippen MR) is 90.3 cm³/mol. The highest BCUT2D eigenvalue weighted by Gasteiger charge is 2.19. The van der Waals surface area contributed by atoms with Crippen LogP contribution in [0.15, 0.2) is 18.2 Å². The molecule has 1 N–H and O–H groups in total. The van der Waals surface area contributed by atoms with Crippen LogP contribution in [0.25, 0.3) is 0 Å². The fourth-order valence-corrected chi connectivity index (χ4v) is 2.92. The van der Waals surface area contributed by atoms with E-state index in [-0.39, 0.29) is 0 Å². The number of anilines is 1. The maximum absolute atomic E-state index is 5.90. The van der Waals surface area contributed by atoms with Crippen molar-refractivity contribution in [2.45, 2.75) is 52.5 Å². The van der Waals surface area contributed by atoms with E-state index in [1.807, 2.05) is 0 Å². The van der Waals surface area contributed by atoms with Crippen LogP contribution in [0.5, 0.6) is 5.75 Å². The molecular formula is C18H30N2O. The Morgan fingerprint density at radius 3 is 2.62 bits per heavy atom. The summed E-state index contributed by atoms with van der Waals surface area (Å²) in [6.07, 6.45) is 4.75. The number of piperidine rings is 1. The van der Waals surface area contributed by atoms with E-state index in [4.69, 9.17) is 4.74 Å². The van der Waals surface area contributed by atoms with Crippen molar-refractivity contribution in [2.24, 2.45) is 0 Å². The molecule has 0 amide bonds. The maximum atomic E-state index is 5.90. The number of benzene rings is 1. The molecule has 21 heavy (non-hydrogen) atoms. The van der Waals surface area contributed by atoms with Crippen molar-refractivity contribution in [3.8, 4) is 5.75 Å². The van der Waals surface area contributed by atoms with Gasteiger partial charge in [-0.15, -0.1) is 0 Å². The first-order chi connectivity index (χ1) is 10.2. The molecule has 0 aromatic heterocycles. The van der Waals surface area contributed by atoms with Gasteiger partial charge in [0.25, 0.3) is 0 Å². The molecule has 118 valence electrons. The maximum Gasteiger partial charge on any atom is 0.142 e. The smallest absolute Gasteiger partial charge is 0.142 e. The Hall–Kier alpha value is -1.22. The molecule has 0 saturated carbocycles. The second-order valence-electron chi connectivity index (χ2n) is 6.11. The van der Waals surface area contributed by atoms with Crippen LogP contribution in [0.3, 0.4) is 0 Å². The standard InChI is InChI=1S/C18H30N2O/c1-4-10-20-11-8-16(9-12-20)19-17-7-6-15(3)14-18(17)21-13-5-2/h6-7,14,16,19H,4-5,8-13H2,1-3H3. The molecule has 0 atom stereocenters. The van der Waals surface area contributed by atoms with Gasteiger partial charge in [0.05, 0.1) is 12.3 Å². The molecule has 0 unspecified atom stereocenters. The van der Waals surface area contributed by atoms with Crippen molar-refractivity contribution in [2.75, 3.05) is 31.6 Å². The van der Waals surface area contributed by atoms with Crippen LogP contribution in [0.1, 0.15) is 45.1 Å². The van der Waals surface area contributed by atoms with Crippen LogP contribution in [-0.2, 0) is 0 Å². The number of nitrogens with zero attached hydrogens (tertiary/aromatic N) is 1. The summed E-state index contributed by atoms with van der Waals surface area (Å²) in [6.45, 7) is 11.0. The molecule has 1 aliphatic rings. The molecule has 0 bridgehead atoms. The number of ether oxygens (including phenoxy) is 1. The minimum atomic E-state index is 0.574. The third-order valence-electron chi connectivity index (χ3n) is 4.09. The van der Waals surface area contributed by atoms with E-state index < -0.39 is 0 Å². The van der Waals surface area contributed by atoms with Crippen molar-refractivity contribution >= 4 is 5.69 Å². The van der Waals surface area contributed by atoms with Crippen LogP contribution < -0.4 is 10.1 Å². The van der Waals surface area contributed by atoms with Gasteiger partial charge in [0.2, 0.25) is 0 Å². The number of nitrogens with one attached hydrogen (secondary N) is 1. The van der Waals surface area contributed by atoms with Crippen molar-refractivity contribution in [3.63, 3.8) is 0 Å². The Morgan fingerprint density at radius 1 is 1.19 bits per heavy atom. The molecule has 0 spiro atoms. The van der Waals surface area contributed by atoms with Gasteiger partial charge in [-0.25, -0.2) is 0 Å². The van der Waals surface area contributed by atoms with E-state index in [0.717, 1.165) is 24.5 Å². The molecule has 1 aromatic carbocycles.